The van der Waals surface area contributed by atoms with Crippen LogP contribution >= 0.6 is 43.5 Å². The highest BCUT2D eigenvalue weighted by atomic mass is 79.9. The van der Waals surface area contributed by atoms with Gasteiger partial charge in [-0.15, -0.1) is 0 Å². The Morgan fingerprint density at radius 1 is 1.36 bits per heavy atom. The molecule has 0 aromatic heterocycles. The van der Waals surface area contributed by atoms with Crippen LogP contribution in [0.2, 0.25) is 5.02 Å². The van der Waals surface area contributed by atoms with Crippen molar-refractivity contribution in [2.45, 2.75) is 6.92 Å². The van der Waals surface area contributed by atoms with Gasteiger partial charge in [0.15, 0.2) is 5.75 Å². The van der Waals surface area contributed by atoms with E-state index in [2.05, 4.69) is 37.2 Å². The van der Waals surface area contributed by atoms with E-state index in [0.717, 1.165) is 4.47 Å². The molecule has 1 N–H and O–H groups in total. The maximum Gasteiger partial charge on any atom is 0.266 e. The van der Waals surface area contributed by atoms with Crippen molar-refractivity contribution in [2.75, 3.05) is 11.9 Å². The van der Waals surface area contributed by atoms with Gasteiger partial charge in [-0.1, -0.05) is 33.6 Å². The predicted octanol–water partition coefficient (Wildman–Crippen LogP) is 5.81. The Bertz CT molecular complexity index is 853. The van der Waals surface area contributed by atoms with Crippen molar-refractivity contribution in [1.82, 2.24) is 0 Å². The third kappa shape index (κ3) is 5.33. The summed E-state index contributed by atoms with van der Waals surface area (Å²) < 4.78 is 6.92. The molecule has 128 valence electrons. The van der Waals surface area contributed by atoms with Gasteiger partial charge in [0, 0.05) is 10.2 Å². The van der Waals surface area contributed by atoms with Gasteiger partial charge in [-0.05, 0) is 64.8 Å². The maximum atomic E-state index is 12.3. The minimum atomic E-state index is -0.498. The van der Waals surface area contributed by atoms with E-state index in [1.165, 1.54) is 6.08 Å². The highest BCUT2D eigenvalue weighted by Crippen LogP contribution is 2.35. The number of benzene rings is 2. The van der Waals surface area contributed by atoms with Gasteiger partial charge in [-0.25, -0.2) is 0 Å². The van der Waals surface area contributed by atoms with Crippen LogP contribution in [0.1, 0.15) is 12.5 Å². The fraction of sp³-hybridized carbons (Fsp3) is 0.111. The molecule has 25 heavy (non-hydrogen) atoms. The predicted molar refractivity (Wildman–Crippen MR) is 107 cm³/mol. The van der Waals surface area contributed by atoms with Crippen molar-refractivity contribution in [2.24, 2.45) is 0 Å². The number of nitriles is 1. The molecule has 0 fully saturated rings. The van der Waals surface area contributed by atoms with E-state index >= 15 is 0 Å². The number of carbonyl (C=O) groups excluding carboxylic acids is 1. The number of anilines is 1. The van der Waals surface area contributed by atoms with E-state index in [4.69, 9.17) is 16.3 Å². The van der Waals surface area contributed by atoms with Crippen LogP contribution in [0.15, 0.2) is 50.9 Å². The molecule has 0 unspecified atom stereocenters. The molecule has 0 bridgehead atoms. The van der Waals surface area contributed by atoms with Crippen LogP contribution in [0.25, 0.3) is 6.08 Å². The third-order valence-electron chi connectivity index (χ3n) is 3.07. The minimum Gasteiger partial charge on any atom is -0.491 e. The monoisotopic (exact) mass is 482 g/mol. The highest BCUT2D eigenvalue weighted by molar-refractivity contribution is 9.10. The molecule has 0 radical (unpaired) electrons. The molecule has 0 aliphatic carbocycles. The molecular weight excluding hydrogens is 471 g/mol. The van der Waals surface area contributed by atoms with Gasteiger partial charge in [0.05, 0.1) is 16.1 Å². The smallest absolute Gasteiger partial charge is 0.266 e. The van der Waals surface area contributed by atoms with Crippen LogP contribution in [-0.2, 0) is 4.79 Å². The first kappa shape index (κ1) is 19.5. The lowest BCUT2D eigenvalue weighted by Crippen LogP contribution is -2.13. The second-order valence-electron chi connectivity index (χ2n) is 4.88. The Morgan fingerprint density at radius 2 is 2.12 bits per heavy atom. The van der Waals surface area contributed by atoms with E-state index in [-0.39, 0.29) is 5.57 Å². The first-order valence-corrected chi connectivity index (χ1v) is 9.21. The third-order valence-corrected chi connectivity index (χ3v) is 4.43. The number of nitrogens with zero attached hydrogens (tertiary/aromatic N) is 1. The number of hydrogen-bond acceptors (Lipinski definition) is 3. The Balaban J connectivity index is 2.28. The van der Waals surface area contributed by atoms with Gasteiger partial charge in [0.2, 0.25) is 0 Å². The number of nitrogens with one attached hydrogen (secondary N) is 1. The Labute approximate surface area is 167 Å². The first-order valence-electron chi connectivity index (χ1n) is 7.25. The zero-order valence-corrected chi connectivity index (χ0v) is 17.1. The summed E-state index contributed by atoms with van der Waals surface area (Å²) in [5, 5.41) is 12.4. The van der Waals surface area contributed by atoms with Gasteiger partial charge < -0.3 is 10.1 Å². The lowest BCUT2D eigenvalue weighted by atomic mass is 10.1. The fourth-order valence-corrected chi connectivity index (χ4v) is 3.41. The Kier molecular flexibility index (Phi) is 7.06. The van der Waals surface area contributed by atoms with E-state index in [1.54, 1.807) is 30.3 Å². The lowest BCUT2D eigenvalue weighted by Gasteiger charge is -2.09. The quantitative estimate of drug-likeness (QED) is 0.430. The van der Waals surface area contributed by atoms with E-state index in [1.807, 2.05) is 19.1 Å². The minimum absolute atomic E-state index is 0.0351. The van der Waals surface area contributed by atoms with E-state index < -0.39 is 5.91 Å². The molecule has 1 amide bonds. The van der Waals surface area contributed by atoms with Crippen molar-refractivity contribution in [3.63, 3.8) is 0 Å². The SMILES string of the molecule is CCOc1c(Cl)cc(/C=C(/C#N)C(=O)Nc2cccc(Br)c2)cc1Br. The van der Waals surface area contributed by atoms with Crippen LogP contribution in [0.5, 0.6) is 5.75 Å². The lowest BCUT2D eigenvalue weighted by molar-refractivity contribution is -0.112. The molecule has 2 aromatic rings. The van der Waals surface area contributed by atoms with Crippen molar-refractivity contribution in [3.05, 3.63) is 61.5 Å². The molecular formula is C18H13Br2ClN2O2. The van der Waals surface area contributed by atoms with Gasteiger partial charge in [-0.2, -0.15) is 5.26 Å². The summed E-state index contributed by atoms with van der Waals surface area (Å²) in [7, 11) is 0. The standard InChI is InChI=1S/C18H13Br2ClN2O2/c1-2-25-17-15(20)7-11(8-16(17)21)6-12(10-22)18(24)23-14-5-3-4-13(19)9-14/h3-9H,2H2,1H3,(H,23,24)/b12-6-. The van der Waals surface area contributed by atoms with Gasteiger partial charge >= 0.3 is 0 Å². The van der Waals surface area contributed by atoms with Crippen LogP contribution in [0, 0.1) is 11.3 Å². The van der Waals surface area contributed by atoms with E-state index in [9.17, 15) is 10.1 Å². The van der Waals surface area contributed by atoms with Crippen molar-refractivity contribution < 1.29 is 9.53 Å². The Hall–Kier alpha value is -1.81. The molecule has 0 aliphatic heterocycles. The molecule has 0 saturated heterocycles. The molecule has 2 rings (SSSR count). The Morgan fingerprint density at radius 3 is 2.72 bits per heavy atom. The molecule has 0 aliphatic rings. The summed E-state index contributed by atoms with van der Waals surface area (Å²) in [6.45, 7) is 2.34. The summed E-state index contributed by atoms with van der Waals surface area (Å²) in [5.41, 5.74) is 1.17. The van der Waals surface area contributed by atoms with Gasteiger partial charge in [0.1, 0.15) is 11.6 Å². The van der Waals surface area contributed by atoms with Crippen molar-refractivity contribution in [3.8, 4) is 11.8 Å². The van der Waals surface area contributed by atoms with Gasteiger partial charge in [0.25, 0.3) is 5.91 Å². The van der Waals surface area contributed by atoms with Crippen LogP contribution in [-0.4, -0.2) is 12.5 Å². The molecule has 0 heterocycles. The summed E-state index contributed by atoms with van der Waals surface area (Å²) in [6, 6.07) is 12.4. The summed E-state index contributed by atoms with van der Waals surface area (Å²) in [4.78, 5) is 12.3. The molecule has 0 saturated carbocycles. The van der Waals surface area contributed by atoms with Gasteiger partial charge in [-0.3, -0.25) is 4.79 Å². The van der Waals surface area contributed by atoms with Crippen LogP contribution in [0.3, 0.4) is 0 Å². The first-order chi connectivity index (χ1) is 11.9. The molecule has 4 nitrogen and oxygen atoms in total. The second kappa shape index (κ2) is 9.04. The largest absolute Gasteiger partial charge is 0.491 e. The normalized spacial score (nSPS) is 10.9. The highest BCUT2D eigenvalue weighted by Gasteiger charge is 2.12. The molecule has 0 atom stereocenters. The average molecular weight is 485 g/mol. The summed E-state index contributed by atoms with van der Waals surface area (Å²) in [5.74, 6) is 0.0279. The summed E-state index contributed by atoms with van der Waals surface area (Å²) >= 11 is 12.9. The van der Waals surface area contributed by atoms with Crippen LogP contribution in [0.4, 0.5) is 5.69 Å². The zero-order valence-electron chi connectivity index (χ0n) is 13.1. The van der Waals surface area contributed by atoms with Crippen molar-refractivity contribution >= 4 is 61.1 Å². The molecule has 7 heteroatoms. The summed E-state index contributed by atoms with van der Waals surface area (Å²) in [6.07, 6.45) is 1.47. The maximum absolute atomic E-state index is 12.3. The van der Waals surface area contributed by atoms with Crippen LogP contribution < -0.4 is 10.1 Å². The van der Waals surface area contributed by atoms with Crippen molar-refractivity contribution in [1.29, 1.82) is 5.26 Å². The number of halogens is 3. The number of ether oxygens (including phenoxy) is 1. The fourth-order valence-electron chi connectivity index (χ4n) is 2.02. The number of carbonyl (C=O) groups is 1. The van der Waals surface area contributed by atoms with E-state index in [0.29, 0.717) is 33.1 Å². The number of amides is 1. The average Bonchev–Trinajstić information content (AvgIpc) is 2.56. The molecule has 0 spiro atoms. The zero-order chi connectivity index (χ0) is 18.4. The second-order valence-corrected chi connectivity index (χ2v) is 7.06. The number of rotatable bonds is 5. The molecule has 2 aromatic carbocycles. The topological polar surface area (TPSA) is 62.1 Å². The number of hydrogen-bond donors (Lipinski definition) is 1.